The first kappa shape index (κ1) is 39.2. The van der Waals surface area contributed by atoms with Gasteiger partial charge in [-0.1, -0.05) is 63.6 Å². The number of primary amides is 1. The van der Waals surface area contributed by atoms with Gasteiger partial charge in [-0.3, -0.25) is 33.6 Å². The lowest BCUT2D eigenvalue weighted by Gasteiger charge is -2.24. The van der Waals surface area contributed by atoms with Gasteiger partial charge in [-0.25, -0.2) is 0 Å². The third-order valence-corrected chi connectivity index (χ3v) is 7.61. The molecule has 0 aliphatic carbocycles. The van der Waals surface area contributed by atoms with E-state index in [1.54, 1.807) is 13.1 Å². The molecule has 0 bridgehead atoms. The lowest BCUT2D eigenvalue weighted by molar-refractivity contribution is -0.141. The molecule has 1 aromatic heterocycles. The van der Waals surface area contributed by atoms with Gasteiger partial charge in [0.2, 0.25) is 35.4 Å². The Kier molecular flexibility index (Phi) is 17.2. The number of carbonyl (C=O) groups is 7. The van der Waals surface area contributed by atoms with E-state index in [0.29, 0.717) is 12.0 Å². The predicted octanol–water partition coefficient (Wildman–Crippen LogP) is 0.908. The summed E-state index contributed by atoms with van der Waals surface area (Å²) in [6.07, 6.45) is 7.79. The standard InChI is InChI=1S/C33H49N7O8/c1-3-5-6-7-8-9-10-15-28(42)37-20-29(43)38-24(16-21-19-36-23-14-12-11-13-22(21)23)32(47)39-25(17-27(34)41)33(48)40-26(18-30(44)45)31(46)35-4-2/h11-14,19,24-26,36H,3-10,15-18,20H2,1-2H3,(H2,34,41)(H,35,46)(H,37,42)(H,38,43)(H,39,47)(H,40,48)(H,44,45). The van der Waals surface area contributed by atoms with Gasteiger partial charge in [0.25, 0.3) is 0 Å². The molecule has 48 heavy (non-hydrogen) atoms. The second kappa shape index (κ2) is 21.0. The number of benzene rings is 1. The van der Waals surface area contributed by atoms with E-state index < -0.39 is 66.5 Å². The first-order valence-corrected chi connectivity index (χ1v) is 16.4. The number of nitrogens with two attached hydrogens (primary N) is 1. The van der Waals surface area contributed by atoms with E-state index in [2.05, 4.69) is 38.5 Å². The van der Waals surface area contributed by atoms with Gasteiger partial charge in [0.1, 0.15) is 18.1 Å². The second-order valence-electron chi connectivity index (χ2n) is 11.6. The zero-order valence-corrected chi connectivity index (χ0v) is 27.7. The van der Waals surface area contributed by atoms with Crippen LogP contribution < -0.4 is 32.3 Å². The minimum Gasteiger partial charge on any atom is -0.481 e. The van der Waals surface area contributed by atoms with Crippen LogP contribution in [0.3, 0.4) is 0 Å². The van der Waals surface area contributed by atoms with Crippen molar-refractivity contribution in [2.45, 2.75) is 103 Å². The van der Waals surface area contributed by atoms with Gasteiger partial charge >= 0.3 is 5.97 Å². The van der Waals surface area contributed by atoms with Crippen LogP contribution in [0.15, 0.2) is 30.5 Å². The Morgan fingerprint density at radius 1 is 0.750 bits per heavy atom. The Labute approximate surface area is 279 Å². The van der Waals surface area contributed by atoms with Crippen molar-refractivity contribution >= 4 is 52.3 Å². The van der Waals surface area contributed by atoms with Crippen molar-refractivity contribution < 1.29 is 38.7 Å². The van der Waals surface area contributed by atoms with Gasteiger partial charge in [0.15, 0.2) is 0 Å². The predicted molar refractivity (Wildman–Crippen MR) is 178 cm³/mol. The molecule has 6 amide bonds. The quantitative estimate of drug-likeness (QED) is 0.0788. The van der Waals surface area contributed by atoms with E-state index in [1.165, 1.54) is 12.8 Å². The summed E-state index contributed by atoms with van der Waals surface area (Å²) < 4.78 is 0. The molecule has 0 saturated heterocycles. The largest absolute Gasteiger partial charge is 0.481 e. The Morgan fingerprint density at radius 3 is 2.02 bits per heavy atom. The molecule has 15 nitrogen and oxygen atoms in total. The summed E-state index contributed by atoms with van der Waals surface area (Å²) in [6, 6.07) is 2.95. The summed E-state index contributed by atoms with van der Waals surface area (Å²) >= 11 is 0. The number of para-hydroxylation sites is 1. The van der Waals surface area contributed by atoms with Crippen LogP contribution in [0.4, 0.5) is 0 Å². The molecule has 3 unspecified atom stereocenters. The maximum absolute atomic E-state index is 13.6. The van der Waals surface area contributed by atoms with Gasteiger partial charge in [-0.15, -0.1) is 0 Å². The van der Waals surface area contributed by atoms with Crippen molar-refractivity contribution in [2.24, 2.45) is 5.73 Å². The first-order chi connectivity index (χ1) is 22.9. The lowest BCUT2D eigenvalue weighted by atomic mass is 10.0. The molecule has 2 aromatic rings. The van der Waals surface area contributed by atoms with Crippen LogP contribution in [0.1, 0.15) is 83.6 Å². The van der Waals surface area contributed by atoms with E-state index in [4.69, 9.17) is 5.73 Å². The smallest absolute Gasteiger partial charge is 0.305 e. The van der Waals surface area contributed by atoms with Crippen LogP contribution in [0.2, 0.25) is 0 Å². The van der Waals surface area contributed by atoms with Crippen molar-refractivity contribution in [1.29, 1.82) is 0 Å². The topological polar surface area (TPSA) is 242 Å². The van der Waals surface area contributed by atoms with Gasteiger partial charge in [-0.2, -0.15) is 0 Å². The number of carboxylic acids is 1. The van der Waals surface area contributed by atoms with Crippen molar-refractivity contribution in [3.63, 3.8) is 0 Å². The molecule has 0 fully saturated rings. The van der Waals surface area contributed by atoms with Crippen molar-refractivity contribution in [3.05, 3.63) is 36.0 Å². The molecule has 9 N–H and O–H groups in total. The molecule has 0 saturated carbocycles. The maximum Gasteiger partial charge on any atom is 0.305 e. The number of hydrogen-bond acceptors (Lipinski definition) is 7. The first-order valence-electron chi connectivity index (χ1n) is 16.4. The van der Waals surface area contributed by atoms with Crippen LogP contribution in [0.5, 0.6) is 0 Å². The number of H-pyrrole nitrogens is 1. The summed E-state index contributed by atoms with van der Waals surface area (Å²) in [5.74, 6) is -5.90. The third-order valence-electron chi connectivity index (χ3n) is 7.61. The summed E-state index contributed by atoms with van der Waals surface area (Å²) in [6.45, 7) is 3.54. The molecule has 1 heterocycles. The number of aromatic nitrogens is 1. The molecule has 15 heteroatoms. The number of nitrogens with one attached hydrogen (secondary N) is 6. The van der Waals surface area contributed by atoms with Crippen LogP contribution >= 0.6 is 0 Å². The van der Waals surface area contributed by atoms with Crippen LogP contribution in [0, 0.1) is 0 Å². The minimum atomic E-state index is -1.59. The number of hydrogen-bond donors (Lipinski definition) is 8. The van der Waals surface area contributed by atoms with Gasteiger partial charge in [0, 0.05) is 36.5 Å². The Bertz CT molecular complexity index is 1410. The fraction of sp³-hybridized carbons (Fsp3) is 0.545. The normalized spacial score (nSPS) is 12.7. The fourth-order valence-corrected chi connectivity index (χ4v) is 5.12. The third kappa shape index (κ3) is 14.2. The highest BCUT2D eigenvalue weighted by Crippen LogP contribution is 2.19. The Hall–Kier alpha value is -4.95. The highest BCUT2D eigenvalue weighted by Gasteiger charge is 2.32. The summed E-state index contributed by atoms with van der Waals surface area (Å²) in [7, 11) is 0. The van der Waals surface area contributed by atoms with Gasteiger partial charge < -0.3 is 42.4 Å². The van der Waals surface area contributed by atoms with Crippen LogP contribution in [-0.2, 0) is 40.0 Å². The van der Waals surface area contributed by atoms with E-state index in [9.17, 15) is 38.7 Å². The number of carboxylic acid groups (broad SMARTS) is 1. The number of amides is 6. The van der Waals surface area contributed by atoms with E-state index in [0.717, 1.165) is 36.6 Å². The number of rotatable bonds is 23. The average molecular weight is 672 g/mol. The van der Waals surface area contributed by atoms with Gasteiger partial charge in [-0.05, 0) is 25.0 Å². The fourth-order valence-electron chi connectivity index (χ4n) is 5.12. The SMILES string of the molecule is CCCCCCCCCC(=O)NCC(=O)NC(Cc1c[nH]c2ccccc12)C(=O)NC(CC(N)=O)C(=O)NC(CC(=O)O)C(=O)NCC. The number of aromatic amines is 1. The molecule has 0 spiro atoms. The summed E-state index contributed by atoms with van der Waals surface area (Å²) in [4.78, 5) is 90.7. The van der Waals surface area contributed by atoms with Crippen molar-refractivity contribution in [1.82, 2.24) is 31.6 Å². The van der Waals surface area contributed by atoms with Crippen molar-refractivity contribution in [2.75, 3.05) is 13.1 Å². The molecular formula is C33H49N7O8. The maximum atomic E-state index is 13.6. The zero-order valence-electron chi connectivity index (χ0n) is 27.7. The summed E-state index contributed by atoms with van der Waals surface area (Å²) in [5.41, 5.74) is 6.79. The number of aliphatic carboxylic acids is 1. The molecule has 0 aliphatic heterocycles. The van der Waals surface area contributed by atoms with E-state index in [-0.39, 0.29) is 31.8 Å². The Morgan fingerprint density at radius 2 is 1.38 bits per heavy atom. The number of fused-ring (bicyclic) bond motifs is 1. The van der Waals surface area contributed by atoms with E-state index >= 15 is 0 Å². The molecule has 264 valence electrons. The van der Waals surface area contributed by atoms with Crippen LogP contribution in [0.25, 0.3) is 10.9 Å². The highest BCUT2D eigenvalue weighted by molar-refractivity contribution is 5.98. The number of unbranched alkanes of at least 4 members (excludes halogenated alkanes) is 6. The van der Waals surface area contributed by atoms with Gasteiger partial charge in [0.05, 0.1) is 19.4 Å². The monoisotopic (exact) mass is 671 g/mol. The Balaban J connectivity index is 2.15. The zero-order chi connectivity index (χ0) is 35.5. The molecule has 3 atom stereocenters. The summed E-state index contributed by atoms with van der Waals surface area (Å²) in [5, 5.41) is 22.3. The molecule has 0 aliphatic rings. The second-order valence-corrected chi connectivity index (χ2v) is 11.6. The molecule has 1 aromatic carbocycles. The molecular weight excluding hydrogens is 622 g/mol. The molecule has 0 radical (unpaired) electrons. The number of likely N-dealkylation sites (N-methyl/N-ethyl adjacent to an activating group) is 1. The molecule has 2 rings (SSSR count). The lowest BCUT2D eigenvalue weighted by Crippen LogP contribution is -2.58. The highest BCUT2D eigenvalue weighted by atomic mass is 16.4. The van der Waals surface area contributed by atoms with E-state index in [1.807, 2.05) is 24.3 Å². The van der Waals surface area contributed by atoms with Crippen molar-refractivity contribution in [3.8, 4) is 0 Å². The number of carbonyl (C=O) groups excluding carboxylic acids is 6. The average Bonchev–Trinajstić information content (AvgIpc) is 3.44. The minimum absolute atomic E-state index is 0.0288. The van der Waals surface area contributed by atoms with Crippen LogP contribution in [-0.4, -0.2) is 82.7 Å².